The molecular weight excluding hydrogens is 120 g/mol. The zero-order chi connectivity index (χ0) is 6.65. The molecule has 2 aliphatic rings. The quantitative estimate of drug-likeness (QED) is 0.425. The molecule has 1 saturated carbocycles. The number of ether oxygens (including phenoxy) is 1. The lowest BCUT2D eigenvalue weighted by Gasteiger charge is -2.16. The van der Waals surface area contributed by atoms with Crippen molar-refractivity contribution in [1.29, 1.82) is 0 Å². The molecule has 2 rings (SSSR count). The van der Waals surface area contributed by atoms with Gasteiger partial charge in [-0.3, -0.25) is 0 Å². The van der Waals surface area contributed by atoms with E-state index in [1.165, 1.54) is 0 Å². The van der Waals surface area contributed by atoms with Crippen LogP contribution in [0.3, 0.4) is 0 Å². The zero-order valence-corrected chi connectivity index (χ0v) is 5.24. The van der Waals surface area contributed by atoms with Gasteiger partial charge in [0.25, 0.3) is 0 Å². The Morgan fingerprint density at radius 1 is 1.67 bits per heavy atom. The van der Waals surface area contributed by atoms with E-state index in [1.807, 2.05) is 0 Å². The third kappa shape index (κ3) is 0.625. The van der Waals surface area contributed by atoms with Gasteiger partial charge in [-0.15, -0.1) is 0 Å². The summed E-state index contributed by atoms with van der Waals surface area (Å²) in [5.41, 5.74) is -0.774. The van der Waals surface area contributed by atoms with Gasteiger partial charge >= 0.3 is 0 Å². The van der Waals surface area contributed by atoms with Crippen molar-refractivity contribution in [2.75, 3.05) is 0 Å². The lowest BCUT2D eigenvalue weighted by molar-refractivity contribution is -0.0160. The molecule has 0 radical (unpaired) electrons. The fraction of sp³-hybridized carbons (Fsp3) is 1.00. The average molecular weight is 130 g/mol. The fourth-order valence-corrected chi connectivity index (χ4v) is 1.57. The maximum absolute atomic E-state index is 9.39. The Morgan fingerprint density at radius 2 is 2.33 bits per heavy atom. The Morgan fingerprint density at radius 3 is 2.44 bits per heavy atom. The summed E-state index contributed by atoms with van der Waals surface area (Å²) in [5, 5.41) is 18.5. The highest BCUT2D eigenvalue weighted by Gasteiger charge is 2.62. The maximum Gasteiger partial charge on any atom is 0.115 e. The summed E-state index contributed by atoms with van der Waals surface area (Å²) in [5.74, 6) is 0. The number of aliphatic hydroxyl groups excluding tert-OH is 1. The number of aliphatic hydroxyl groups is 2. The highest BCUT2D eigenvalue weighted by atomic mass is 16.6. The molecule has 0 amide bonds. The molecule has 3 heteroatoms. The number of hydrogen-bond donors (Lipinski definition) is 2. The number of fused-ring (bicyclic) bond motifs is 1. The van der Waals surface area contributed by atoms with E-state index in [0.29, 0.717) is 6.42 Å². The van der Waals surface area contributed by atoms with Crippen LogP contribution in [0.2, 0.25) is 0 Å². The summed E-state index contributed by atoms with van der Waals surface area (Å²) in [6.07, 6.45) is -0.139. The van der Waals surface area contributed by atoms with Crippen LogP contribution in [-0.2, 0) is 4.74 Å². The van der Waals surface area contributed by atoms with Gasteiger partial charge in [0.2, 0.25) is 0 Å². The second kappa shape index (κ2) is 1.31. The average Bonchev–Trinajstić information content (AvgIpc) is 2.33. The first-order valence-corrected chi connectivity index (χ1v) is 3.17. The molecule has 1 aliphatic heterocycles. The Hall–Kier alpha value is -0.120. The SMILES string of the molecule is C[C@@]1(O)C[C@H](O)[C@@H]2O[C@@H]21. The maximum atomic E-state index is 9.39. The van der Waals surface area contributed by atoms with Crippen molar-refractivity contribution in [3.63, 3.8) is 0 Å². The van der Waals surface area contributed by atoms with Crippen molar-refractivity contribution in [2.24, 2.45) is 0 Å². The number of hydrogen-bond acceptors (Lipinski definition) is 3. The molecule has 9 heavy (non-hydrogen) atoms. The number of epoxide rings is 1. The monoisotopic (exact) mass is 130 g/mol. The molecule has 4 atom stereocenters. The summed E-state index contributed by atoms with van der Waals surface area (Å²) in [6, 6.07) is 0. The van der Waals surface area contributed by atoms with Gasteiger partial charge in [-0.2, -0.15) is 0 Å². The van der Waals surface area contributed by atoms with E-state index in [2.05, 4.69) is 0 Å². The lowest BCUT2D eigenvalue weighted by atomic mass is 10.1. The van der Waals surface area contributed by atoms with Gasteiger partial charge in [-0.05, 0) is 6.92 Å². The highest BCUT2D eigenvalue weighted by Crippen LogP contribution is 2.45. The van der Waals surface area contributed by atoms with Crippen LogP contribution in [0.15, 0.2) is 0 Å². The molecule has 0 aromatic carbocycles. The summed E-state index contributed by atoms with van der Waals surface area (Å²) in [7, 11) is 0. The van der Waals surface area contributed by atoms with E-state index in [0.717, 1.165) is 0 Å². The first-order chi connectivity index (χ1) is 4.11. The minimum absolute atomic E-state index is 0.0694. The first-order valence-electron chi connectivity index (χ1n) is 3.17. The third-order valence-electron chi connectivity index (χ3n) is 2.14. The van der Waals surface area contributed by atoms with E-state index in [4.69, 9.17) is 9.84 Å². The summed E-state index contributed by atoms with van der Waals surface area (Å²) >= 11 is 0. The van der Waals surface area contributed by atoms with Crippen molar-refractivity contribution < 1.29 is 14.9 Å². The molecular formula is C6H10O3. The summed E-state index contributed by atoms with van der Waals surface area (Å²) in [6.45, 7) is 1.70. The standard InChI is InChI=1S/C6H10O3/c1-6(8)2-3(7)4-5(6)9-4/h3-5,7-8H,2H2,1H3/t3-,4-,5-,6+/m0/s1. The molecule has 1 heterocycles. The minimum Gasteiger partial charge on any atom is -0.390 e. The Kier molecular flexibility index (Phi) is 0.822. The molecule has 3 nitrogen and oxygen atoms in total. The van der Waals surface area contributed by atoms with Crippen molar-refractivity contribution >= 4 is 0 Å². The first kappa shape index (κ1) is 5.65. The van der Waals surface area contributed by atoms with Gasteiger partial charge in [0, 0.05) is 6.42 Å². The molecule has 1 saturated heterocycles. The molecule has 2 N–H and O–H groups in total. The van der Waals surface area contributed by atoms with Crippen LogP contribution < -0.4 is 0 Å². The molecule has 0 bridgehead atoms. The van der Waals surface area contributed by atoms with E-state index in [1.54, 1.807) is 6.92 Å². The van der Waals surface area contributed by atoms with Gasteiger partial charge in [0.1, 0.15) is 12.2 Å². The molecule has 52 valence electrons. The molecule has 0 spiro atoms. The zero-order valence-electron chi connectivity index (χ0n) is 5.24. The van der Waals surface area contributed by atoms with Crippen LogP contribution in [-0.4, -0.2) is 34.1 Å². The van der Waals surface area contributed by atoms with Crippen LogP contribution in [0.4, 0.5) is 0 Å². The van der Waals surface area contributed by atoms with E-state index >= 15 is 0 Å². The second-order valence-corrected chi connectivity index (χ2v) is 3.15. The van der Waals surface area contributed by atoms with Crippen molar-refractivity contribution in [3.8, 4) is 0 Å². The van der Waals surface area contributed by atoms with E-state index in [-0.39, 0.29) is 12.2 Å². The molecule has 2 fully saturated rings. The normalized spacial score (nSPS) is 63.7. The molecule has 1 aliphatic carbocycles. The molecule has 0 aromatic rings. The van der Waals surface area contributed by atoms with Crippen molar-refractivity contribution in [2.45, 2.75) is 37.3 Å². The van der Waals surface area contributed by atoms with Crippen LogP contribution in [0, 0.1) is 0 Å². The highest BCUT2D eigenvalue weighted by molar-refractivity contribution is 5.10. The Bertz CT molecular complexity index is 143. The van der Waals surface area contributed by atoms with Crippen LogP contribution in [0.5, 0.6) is 0 Å². The molecule has 0 unspecified atom stereocenters. The Labute approximate surface area is 53.3 Å². The summed E-state index contributed by atoms with van der Waals surface area (Å²) in [4.78, 5) is 0. The Balaban J connectivity index is 2.17. The predicted octanol–water partition coefficient (Wildman–Crippen LogP) is -0.731. The minimum atomic E-state index is -0.774. The third-order valence-corrected chi connectivity index (χ3v) is 2.14. The van der Waals surface area contributed by atoms with Crippen molar-refractivity contribution in [1.82, 2.24) is 0 Å². The van der Waals surface area contributed by atoms with E-state index < -0.39 is 11.7 Å². The van der Waals surface area contributed by atoms with Crippen molar-refractivity contribution in [3.05, 3.63) is 0 Å². The van der Waals surface area contributed by atoms with Gasteiger partial charge in [0.05, 0.1) is 11.7 Å². The summed E-state index contributed by atoms with van der Waals surface area (Å²) < 4.78 is 4.98. The predicted molar refractivity (Wildman–Crippen MR) is 29.9 cm³/mol. The van der Waals surface area contributed by atoms with E-state index in [9.17, 15) is 5.11 Å². The largest absolute Gasteiger partial charge is 0.390 e. The second-order valence-electron chi connectivity index (χ2n) is 3.15. The van der Waals surface area contributed by atoms with Crippen LogP contribution in [0.1, 0.15) is 13.3 Å². The van der Waals surface area contributed by atoms with Gasteiger partial charge in [-0.1, -0.05) is 0 Å². The molecule has 0 aromatic heterocycles. The van der Waals surface area contributed by atoms with Gasteiger partial charge in [-0.25, -0.2) is 0 Å². The van der Waals surface area contributed by atoms with Crippen LogP contribution >= 0.6 is 0 Å². The topological polar surface area (TPSA) is 53.0 Å². The van der Waals surface area contributed by atoms with Crippen LogP contribution in [0.25, 0.3) is 0 Å². The fourth-order valence-electron chi connectivity index (χ4n) is 1.57. The smallest absolute Gasteiger partial charge is 0.115 e. The van der Waals surface area contributed by atoms with Gasteiger partial charge < -0.3 is 14.9 Å². The lowest BCUT2D eigenvalue weighted by Crippen LogP contribution is -2.29. The van der Waals surface area contributed by atoms with Gasteiger partial charge in [0.15, 0.2) is 0 Å². The number of rotatable bonds is 0.